The number of nitrogens with zero attached hydrogens (tertiary/aromatic N) is 4. The molecule has 0 bridgehead atoms. The minimum atomic E-state index is -0.487. The van der Waals surface area contributed by atoms with Crippen molar-refractivity contribution in [1.82, 2.24) is 14.8 Å². The number of fused-ring (bicyclic) bond motifs is 3. The summed E-state index contributed by atoms with van der Waals surface area (Å²) in [6.07, 6.45) is 1.36. The fourth-order valence-corrected chi connectivity index (χ4v) is 3.80. The summed E-state index contributed by atoms with van der Waals surface area (Å²) in [6, 6.07) is 12.0. The second-order valence-electron chi connectivity index (χ2n) is 7.27. The minimum absolute atomic E-state index is 0.108. The molecule has 31 heavy (non-hydrogen) atoms. The van der Waals surface area contributed by atoms with E-state index in [1.807, 2.05) is 0 Å². The predicted molar refractivity (Wildman–Crippen MR) is 111 cm³/mol. The van der Waals surface area contributed by atoms with Crippen molar-refractivity contribution in [3.8, 4) is 5.69 Å². The quantitative estimate of drug-likeness (QED) is 0.375. The van der Waals surface area contributed by atoms with E-state index < -0.39 is 11.8 Å². The van der Waals surface area contributed by atoms with E-state index in [0.29, 0.717) is 33.7 Å². The van der Waals surface area contributed by atoms with Gasteiger partial charge in [-0.15, -0.1) is 0 Å². The molecule has 3 heterocycles. The zero-order valence-electron chi connectivity index (χ0n) is 16.6. The molecule has 0 radical (unpaired) electrons. The third kappa shape index (κ3) is 2.76. The van der Waals surface area contributed by atoms with Gasteiger partial charge in [0.05, 0.1) is 33.6 Å². The van der Waals surface area contributed by atoms with Crippen molar-refractivity contribution in [3.05, 3.63) is 82.9 Å². The number of hydrogen-bond acceptors (Lipinski definition) is 5. The lowest BCUT2D eigenvalue weighted by Crippen LogP contribution is -2.29. The summed E-state index contributed by atoms with van der Waals surface area (Å²) < 4.78 is 14.8. The van der Waals surface area contributed by atoms with Crippen LogP contribution in [-0.4, -0.2) is 32.4 Å². The lowest BCUT2D eigenvalue weighted by Gasteiger charge is -2.14. The van der Waals surface area contributed by atoms with Gasteiger partial charge in [-0.25, -0.2) is 19.0 Å². The number of carbonyl (C=O) groups is 3. The number of Topliss-reactive ketones (excluding diaryl/α,β-unsaturated/α-hetero) is 1. The standard InChI is InChI=1S/C23H15FN4O3/c1-12-19-20-18(11-25-21(19)28(26-12)17-9-5-15(24)6-10-17)22(30)27(23(20)31)16-7-3-14(4-8-16)13(2)29/h3-11H,1-2H3. The molecule has 0 saturated heterocycles. The average molecular weight is 414 g/mol. The summed E-state index contributed by atoms with van der Waals surface area (Å²) >= 11 is 0. The second kappa shape index (κ2) is 6.66. The predicted octanol–water partition coefficient (Wildman–Crippen LogP) is 3.87. The van der Waals surface area contributed by atoms with E-state index in [2.05, 4.69) is 10.1 Å². The number of imide groups is 1. The molecular weight excluding hydrogens is 399 g/mol. The van der Waals surface area contributed by atoms with E-state index in [0.717, 1.165) is 4.90 Å². The maximum atomic E-state index is 13.3. The van der Waals surface area contributed by atoms with Gasteiger partial charge in [-0.3, -0.25) is 14.4 Å². The van der Waals surface area contributed by atoms with Crippen molar-refractivity contribution in [2.75, 3.05) is 4.90 Å². The van der Waals surface area contributed by atoms with Gasteiger partial charge in [-0.05, 0) is 62.4 Å². The first kappa shape index (κ1) is 18.8. The van der Waals surface area contributed by atoms with E-state index in [1.54, 1.807) is 43.3 Å². The number of amides is 2. The Hall–Kier alpha value is -4.20. The normalized spacial score (nSPS) is 13.2. The second-order valence-corrected chi connectivity index (χ2v) is 7.27. The van der Waals surface area contributed by atoms with Gasteiger partial charge >= 0.3 is 0 Å². The first-order chi connectivity index (χ1) is 14.9. The Labute approximate surface area is 175 Å². The van der Waals surface area contributed by atoms with Crippen LogP contribution in [0.4, 0.5) is 10.1 Å². The number of rotatable bonds is 3. The van der Waals surface area contributed by atoms with Crippen LogP contribution in [0, 0.1) is 12.7 Å². The SMILES string of the molecule is CC(=O)c1ccc(N2C(=O)c3cnc4c(c(C)nn4-c4ccc(F)cc4)c3C2=O)cc1. The molecule has 5 rings (SSSR count). The maximum absolute atomic E-state index is 13.3. The molecule has 0 unspecified atom stereocenters. The van der Waals surface area contributed by atoms with Crippen molar-refractivity contribution in [1.29, 1.82) is 0 Å². The van der Waals surface area contributed by atoms with Crippen LogP contribution in [0.25, 0.3) is 16.7 Å². The Bertz CT molecular complexity index is 1410. The number of benzene rings is 2. The monoisotopic (exact) mass is 414 g/mol. The number of aryl methyl sites for hydroxylation is 1. The number of pyridine rings is 1. The van der Waals surface area contributed by atoms with Crippen molar-refractivity contribution in [2.24, 2.45) is 0 Å². The molecule has 8 heteroatoms. The van der Waals surface area contributed by atoms with Gasteiger partial charge in [0.25, 0.3) is 11.8 Å². The molecule has 0 atom stereocenters. The van der Waals surface area contributed by atoms with Crippen LogP contribution in [-0.2, 0) is 0 Å². The Morgan fingerprint density at radius 1 is 0.935 bits per heavy atom. The van der Waals surface area contributed by atoms with Crippen molar-refractivity contribution < 1.29 is 18.8 Å². The average Bonchev–Trinajstić information content (AvgIpc) is 3.23. The number of halogens is 1. The molecule has 0 N–H and O–H groups in total. The fourth-order valence-electron chi connectivity index (χ4n) is 3.80. The molecule has 2 aromatic carbocycles. The minimum Gasteiger partial charge on any atom is -0.295 e. The molecule has 0 aliphatic carbocycles. The summed E-state index contributed by atoms with van der Waals surface area (Å²) in [6.45, 7) is 3.17. The largest absolute Gasteiger partial charge is 0.295 e. The summed E-state index contributed by atoms with van der Waals surface area (Å²) in [7, 11) is 0. The molecule has 7 nitrogen and oxygen atoms in total. The lowest BCUT2D eigenvalue weighted by molar-refractivity contribution is 0.0925. The van der Waals surface area contributed by atoms with E-state index in [4.69, 9.17) is 0 Å². The highest BCUT2D eigenvalue weighted by atomic mass is 19.1. The molecule has 4 aromatic rings. The van der Waals surface area contributed by atoms with Crippen LogP contribution in [0.5, 0.6) is 0 Å². The van der Waals surface area contributed by atoms with Crippen LogP contribution in [0.2, 0.25) is 0 Å². The first-order valence-electron chi connectivity index (χ1n) is 9.51. The topological polar surface area (TPSA) is 85.2 Å². The number of anilines is 1. The fraction of sp³-hybridized carbons (Fsp3) is 0.0870. The van der Waals surface area contributed by atoms with Crippen LogP contribution < -0.4 is 4.90 Å². The zero-order valence-corrected chi connectivity index (χ0v) is 16.6. The summed E-state index contributed by atoms with van der Waals surface area (Å²) in [5, 5.41) is 4.94. The van der Waals surface area contributed by atoms with Crippen molar-refractivity contribution in [3.63, 3.8) is 0 Å². The van der Waals surface area contributed by atoms with Gasteiger partial charge in [-0.2, -0.15) is 5.10 Å². The third-order valence-corrected chi connectivity index (χ3v) is 5.32. The van der Waals surface area contributed by atoms with Crippen molar-refractivity contribution >= 4 is 34.3 Å². The Morgan fingerprint density at radius 3 is 2.23 bits per heavy atom. The van der Waals surface area contributed by atoms with Gasteiger partial charge in [0.15, 0.2) is 11.4 Å². The van der Waals surface area contributed by atoms with Gasteiger partial charge in [0, 0.05) is 11.8 Å². The highest BCUT2D eigenvalue weighted by Crippen LogP contribution is 2.34. The van der Waals surface area contributed by atoms with Crippen LogP contribution in [0.1, 0.15) is 43.7 Å². The van der Waals surface area contributed by atoms with Gasteiger partial charge in [0.2, 0.25) is 0 Å². The Kier molecular flexibility index (Phi) is 4.04. The van der Waals surface area contributed by atoms with E-state index in [-0.39, 0.29) is 22.7 Å². The smallest absolute Gasteiger partial charge is 0.267 e. The molecule has 152 valence electrons. The molecule has 1 aliphatic heterocycles. The Morgan fingerprint density at radius 2 is 1.58 bits per heavy atom. The maximum Gasteiger partial charge on any atom is 0.267 e. The summed E-state index contributed by atoms with van der Waals surface area (Å²) in [5.74, 6) is -1.45. The molecular formula is C23H15FN4O3. The molecule has 2 amide bonds. The lowest BCUT2D eigenvalue weighted by atomic mass is 10.1. The number of carbonyl (C=O) groups excluding carboxylic acids is 3. The van der Waals surface area contributed by atoms with Gasteiger partial charge in [0.1, 0.15) is 5.82 Å². The Balaban J connectivity index is 1.65. The van der Waals surface area contributed by atoms with E-state index in [1.165, 1.54) is 29.9 Å². The highest BCUT2D eigenvalue weighted by molar-refractivity contribution is 6.37. The first-order valence-corrected chi connectivity index (χ1v) is 9.51. The van der Waals surface area contributed by atoms with Crippen LogP contribution in [0.3, 0.4) is 0 Å². The summed E-state index contributed by atoms with van der Waals surface area (Å²) in [5.41, 5.74) is 2.79. The number of ketones is 1. The van der Waals surface area contributed by atoms with Gasteiger partial charge in [-0.1, -0.05) is 0 Å². The van der Waals surface area contributed by atoms with Gasteiger partial charge < -0.3 is 0 Å². The summed E-state index contributed by atoms with van der Waals surface area (Å²) in [4.78, 5) is 43.3. The van der Waals surface area contributed by atoms with Crippen molar-refractivity contribution in [2.45, 2.75) is 13.8 Å². The molecule has 1 aliphatic rings. The van der Waals surface area contributed by atoms with Crippen LogP contribution >= 0.6 is 0 Å². The van der Waals surface area contributed by atoms with Crippen LogP contribution in [0.15, 0.2) is 54.7 Å². The molecule has 0 spiro atoms. The third-order valence-electron chi connectivity index (χ3n) is 5.32. The van der Waals surface area contributed by atoms with E-state index >= 15 is 0 Å². The number of aromatic nitrogens is 3. The molecule has 0 fully saturated rings. The number of hydrogen-bond donors (Lipinski definition) is 0. The molecule has 2 aromatic heterocycles. The highest BCUT2D eigenvalue weighted by Gasteiger charge is 2.40. The molecule has 0 saturated carbocycles. The zero-order chi connectivity index (χ0) is 21.9. The van der Waals surface area contributed by atoms with E-state index in [9.17, 15) is 18.8 Å².